The molecule has 4 nitrogen and oxygen atoms in total. The van der Waals surface area contributed by atoms with Gasteiger partial charge in [-0.05, 0) is 6.92 Å². The molecule has 4 heteroatoms. The second-order valence-electron chi connectivity index (χ2n) is 2.71. The molecule has 0 saturated heterocycles. The van der Waals surface area contributed by atoms with Crippen molar-refractivity contribution < 1.29 is 4.79 Å². The van der Waals surface area contributed by atoms with Gasteiger partial charge in [0, 0.05) is 24.4 Å². The number of nitrogens with one attached hydrogen (secondary N) is 2. The van der Waals surface area contributed by atoms with Gasteiger partial charge in [0.15, 0.2) is 0 Å². The Balaban J connectivity index is 2.28. The predicted octanol–water partition coefficient (Wildman–Crippen LogP) is 1.16. The Morgan fingerprint density at radius 1 is 1.64 bits per heavy atom. The number of carbonyl (C=O) groups is 1. The maximum atomic E-state index is 11.2. The van der Waals surface area contributed by atoms with E-state index in [2.05, 4.69) is 15.5 Å². The summed E-state index contributed by atoms with van der Waals surface area (Å²) < 4.78 is 0. The van der Waals surface area contributed by atoms with Crippen molar-refractivity contribution in [2.75, 3.05) is 0 Å². The number of hydrogen-bond acceptors (Lipinski definition) is 2. The molecular weight excluding hydrogens is 178 g/mol. The van der Waals surface area contributed by atoms with E-state index in [0.29, 0.717) is 6.54 Å². The van der Waals surface area contributed by atoms with Gasteiger partial charge in [0.25, 0.3) is 0 Å². The Kier molecular flexibility index (Phi) is 4.20. The molecule has 0 unspecified atom stereocenters. The van der Waals surface area contributed by atoms with Crippen molar-refractivity contribution in [3.8, 4) is 0 Å². The first-order valence-corrected chi connectivity index (χ1v) is 4.38. The summed E-state index contributed by atoms with van der Waals surface area (Å²) in [4.78, 5) is 11.2. The van der Waals surface area contributed by atoms with Crippen LogP contribution in [0.4, 0.5) is 0 Å². The van der Waals surface area contributed by atoms with Gasteiger partial charge in [0.05, 0.1) is 6.20 Å². The lowest BCUT2D eigenvalue weighted by Crippen LogP contribution is -2.19. The van der Waals surface area contributed by atoms with Gasteiger partial charge in [0.2, 0.25) is 5.91 Å². The zero-order chi connectivity index (χ0) is 10.2. The summed E-state index contributed by atoms with van der Waals surface area (Å²) in [5.74, 6) is -0.107. The van der Waals surface area contributed by atoms with Crippen molar-refractivity contribution in [3.05, 3.63) is 42.3 Å². The van der Waals surface area contributed by atoms with Crippen LogP contribution in [0.1, 0.15) is 12.5 Å². The Morgan fingerprint density at radius 2 is 2.50 bits per heavy atom. The van der Waals surface area contributed by atoms with Crippen molar-refractivity contribution in [2.24, 2.45) is 0 Å². The highest BCUT2D eigenvalue weighted by atomic mass is 16.1. The number of rotatable bonds is 4. The Bertz CT molecular complexity index is 325. The minimum absolute atomic E-state index is 0.107. The minimum atomic E-state index is -0.107. The largest absolute Gasteiger partial charge is 0.348 e. The van der Waals surface area contributed by atoms with E-state index in [1.807, 2.05) is 13.0 Å². The highest BCUT2D eigenvalue weighted by Crippen LogP contribution is 1.91. The van der Waals surface area contributed by atoms with Crippen LogP contribution in [-0.2, 0) is 11.3 Å². The molecule has 1 heterocycles. The lowest BCUT2D eigenvalue weighted by atomic mass is 10.3. The predicted molar refractivity (Wildman–Crippen MR) is 54.4 cm³/mol. The molecule has 0 aliphatic heterocycles. The van der Waals surface area contributed by atoms with Crippen LogP contribution in [-0.4, -0.2) is 16.1 Å². The average Bonchev–Trinajstić information content (AvgIpc) is 2.68. The number of aromatic nitrogens is 2. The van der Waals surface area contributed by atoms with Gasteiger partial charge in [-0.1, -0.05) is 18.2 Å². The number of amides is 1. The van der Waals surface area contributed by atoms with Gasteiger partial charge in [-0.3, -0.25) is 9.89 Å². The summed E-state index contributed by atoms with van der Waals surface area (Å²) in [7, 11) is 0. The molecule has 2 N–H and O–H groups in total. The zero-order valence-corrected chi connectivity index (χ0v) is 8.03. The first kappa shape index (κ1) is 10.2. The topological polar surface area (TPSA) is 57.8 Å². The molecule has 74 valence electrons. The van der Waals surface area contributed by atoms with E-state index in [1.54, 1.807) is 24.5 Å². The normalized spacial score (nSPS) is 11.2. The molecule has 0 radical (unpaired) electrons. The maximum absolute atomic E-state index is 11.2. The molecule has 0 saturated carbocycles. The number of aromatic amines is 1. The highest BCUT2D eigenvalue weighted by molar-refractivity contribution is 5.87. The molecule has 0 aliphatic carbocycles. The van der Waals surface area contributed by atoms with Crippen molar-refractivity contribution in [2.45, 2.75) is 13.5 Å². The lowest BCUT2D eigenvalue weighted by molar-refractivity contribution is -0.116. The van der Waals surface area contributed by atoms with Crippen LogP contribution in [0.2, 0.25) is 0 Å². The Morgan fingerprint density at radius 3 is 3.14 bits per heavy atom. The third kappa shape index (κ3) is 3.71. The number of allylic oxidation sites excluding steroid dienone is 3. The van der Waals surface area contributed by atoms with Crippen LogP contribution in [0.15, 0.2) is 36.7 Å². The molecule has 1 amide bonds. The number of carbonyl (C=O) groups excluding carboxylic acids is 1. The number of H-pyrrole nitrogens is 1. The van der Waals surface area contributed by atoms with Crippen LogP contribution in [0, 0.1) is 0 Å². The zero-order valence-electron chi connectivity index (χ0n) is 8.03. The standard InChI is InChI=1S/C10H13N3O/c1-2-3-4-5-10(14)11-6-9-7-12-13-8-9/h2-5,7-8H,6H2,1H3,(H,11,14)(H,12,13)/b3-2+,5-4+. The van der Waals surface area contributed by atoms with Gasteiger partial charge in [0.1, 0.15) is 0 Å². The average molecular weight is 191 g/mol. The fraction of sp³-hybridized carbons (Fsp3) is 0.200. The molecular formula is C10H13N3O. The third-order valence-electron chi connectivity index (χ3n) is 1.57. The van der Waals surface area contributed by atoms with E-state index in [-0.39, 0.29) is 5.91 Å². The van der Waals surface area contributed by atoms with Crippen molar-refractivity contribution >= 4 is 5.91 Å². The van der Waals surface area contributed by atoms with Gasteiger partial charge in [-0.15, -0.1) is 0 Å². The van der Waals surface area contributed by atoms with Crippen LogP contribution in [0.5, 0.6) is 0 Å². The lowest BCUT2D eigenvalue weighted by Gasteiger charge is -1.97. The fourth-order valence-electron chi connectivity index (χ4n) is 0.876. The van der Waals surface area contributed by atoms with Crippen LogP contribution in [0.3, 0.4) is 0 Å². The first-order valence-electron chi connectivity index (χ1n) is 4.38. The molecule has 1 aromatic heterocycles. The molecule has 14 heavy (non-hydrogen) atoms. The van der Waals surface area contributed by atoms with E-state index < -0.39 is 0 Å². The maximum Gasteiger partial charge on any atom is 0.244 e. The second kappa shape index (κ2) is 5.75. The van der Waals surface area contributed by atoms with E-state index in [0.717, 1.165) is 5.56 Å². The minimum Gasteiger partial charge on any atom is -0.348 e. The molecule has 0 bridgehead atoms. The van der Waals surface area contributed by atoms with E-state index >= 15 is 0 Å². The van der Waals surface area contributed by atoms with Crippen molar-refractivity contribution in [1.29, 1.82) is 0 Å². The van der Waals surface area contributed by atoms with Gasteiger partial charge >= 0.3 is 0 Å². The summed E-state index contributed by atoms with van der Waals surface area (Å²) in [6, 6.07) is 0. The highest BCUT2D eigenvalue weighted by Gasteiger charge is 1.95. The van der Waals surface area contributed by atoms with Crippen molar-refractivity contribution in [1.82, 2.24) is 15.5 Å². The smallest absolute Gasteiger partial charge is 0.244 e. The Hall–Kier alpha value is -1.84. The van der Waals surface area contributed by atoms with E-state index in [4.69, 9.17) is 0 Å². The third-order valence-corrected chi connectivity index (χ3v) is 1.57. The summed E-state index contributed by atoms with van der Waals surface area (Å²) in [6.45, 7) is 2.39. The fourth-order valence-corrected chi connectivity index (χ4v) is 0.876. The Labute approximate surface area is 82.7 Å². The van der Waals surface area contributed by atoms with Crippen LogP contribution < -0.4 is 5.32 Å². The van der Waals surface area contributed by atoms with Crippen LogP contribution >= 0.6 is 0 Å². The molecule has 1 rings (SSSR count). The quantitative estimate of drug-likeness (QED) is 0.554. The van der Waals surface area contributed by atoms with Crippen LogP contribution in [0.25, 0.3) is 0 Å². The summed E-state index contributed by atoms with van der Waals surface area (Å²) in [6.07, 6.45) is 10.3. The van der Waals surface area contributed by atoms with E-state index in [9.17, 15) is 4.79 Å². The van der Waals surface area contributed by atoms with Gasteiger partial charge < -0.3 is 5.32 Å². The SMILES string of the molecule is C/C=C/C=C/C(=O)NCc1cn[nH]c1. The van der Waals surface area contributed by atoms with Crippen molar-refractivity contribution in [3.63, 3.8) is 0 Å². The monoisotopic (exact) mass is 191 g/mol. The number of nitrogens with zero attached hydrogens (tertiary/aromatic N) is 1. The number of hydrogen-bond donors (Lipinski definition) is 2. The summed E-state index contributed by atoms with van der Waals surface area (Å²) in [5.41, 5.74) is 0.956. The summed E-state index contributed by atoms with van der Waals surface area (Å²) >= 11 is 0. The molecule has 0 atom stereocenters. The van der Waals surface area contributed by atoms with E-state index in [1.165, 1.54) is 6.08 Å². The molecule has 0 spiro atoms. The summed E-state index contributed by atoms with van der Waals surface area (Å²) in [5, 5.41) is 9.17. The molecule has 1 aromatic rings. The first-order chi connectivity index (χ1) is 6.83. The van der Waals surface area contributed by atoms with Gasteiger partial charge in [-0.25, -0.2) is 0 Å². The molecule has 0 aromatic carbocycles. The van der Waals surface area contributed by atoms with Gasteiger partial charge in [-0.2, -0.15) is 5.10 Å². The second-order valence-corrected chi connectivity index (χ2v) is 2.71. The molecule has 0 aliphatic rings. The molecule has 0 fully saturated rings.